The number of benzene rings is 1. The molecule has 124 valence electrons. The second kappa shape index (κ2) is 5.85. The van der Waals surface area contributed by atoms with Gasteiger partial charge in [-0.25, -0.2) is 4.79 Å². The second-order valence-electron chi connectivity index (χ2n) is 5.21. The molecule has 0 radical (unpaired) electrons. The first-order valence-electron chi connectivity index (χ1n) is 6.80. The number of aromatic hydroxyl groups is 1. The number of aromatic amines is 1. The summed E-state index contributed by atoms with van der Waals surface area (Å²) in [4.78, 5) is 26.0. The van der Waals surface area contributed by atoms with Crippen LogP contribution in [0.25, 0.3) is 5.65 Å². The maximum Gasteiger partial charge on any atom is 0.341 e. The van der Waals surface area contributed by atoms with Crippen LogP contribution in [0.1, 0.15) is 27.2 Å². The fourth-order valence-electron chi connectivity index (χ4n) is 2.48. The van der Waals surface area contributed by atoms with Crippen molar-refractivity contribution >= 4 is 34.8 Å². The monoisotopic (exact) mass is 367 g/mol. The lowest BCUT2D eigenvalue weighted by Crippen LogP contribution is -2.17. The Kier molecular flexibility index (Phi) is 3.98. The van der Waals surface area contributed by atoms with Gasteiger partial charge in [-0.05, 0) is 24.6 Å². The number of nitrogens with one attached hydrogen (secondary N) is 1. The van der Waals surface area contributed by atoms with Crippen molar-refractivity contribution in [3.05, 3.63) is 61.0 Å². The number of aromatic nitrogens is 3. The Morgan fingerprint density at radius 1 is 1.33 bits per heavy atom. The van der Waals surface area contributed by atoms with E-state index in [-0.39, 0.29) is 28.9 Å². The van der Waals surface area contributed by atoms with Gasteiger partial charge in [0.1, 0.15) is 5.56 Å². The Morgan fingerprint density at radius 2 is 2.04 bits per heavy atom. The average Bonchev–Trinajstić information content (AvgIpc) is 2.83. The maximum atomic E-state index is 12.3. The normalized spacial score (nSPS) is 11.1. The number of carboxylic acids is 1. The van der Waals surface area contributed by atoms with E-state index < -0.39 is 17.4 Å². The van der Waals surface area contributed by atoms with Gasteiger partial charge < -0.3 is 15.2 Å². The maximum absolute atomic E-state index is 12.3. The van der Waals surface area contributed by atoms with Gasteiger partial charge in [0.05, 0.1) is 21.3 Å². The number of carbonyl (C=O) groups is 1. The number of halogens is 2. The van der Waals surface area contributed by atoms with E-state index in [2.05, 4.69) is 10.1 Å². The van der Waals surface area contributed by atoms with Gasteiger partial charge in [0.15, 0.2) is 5.65 Å². The van der Waals surface area contributed by atoms with Crippen molar-refractivity contribution in [2.75, 3.05) is 0 Å². The molecular weight excluding hydrogens is 357 g/mol. The first-order chi connectivity index (χ1) is 11.3. The molecule has 0 fully saturated rings. The minimum Gasteiger partial charge on any atom is -0.493 e. The molecule has 1 aromatic carbocycles. The third kappa shape index (κ3) is 2.61. The highest BCUT2D eigenvalue weighted by Crippen LogP contribution is 2.26. The molecule has 0 amide bonds. The SMILES string of the molecule is Cc1nn2c(O)c(Cc3ccc(Cl)c(Cl)c3)c(=O)[nH]c2c1C(=O)O. The summed E-state index contributed by atoms with van der Waals surface area (Å²) >= 11 is 11.8. The Bertz CT molecular complexity index is 1040. The van der Waals surface area contributed by atoms with Crippen LogP contribution in [0, 0.1) is 6.92 Å². The van der Waals surface area contributed by atoms with Gasteiger partial charge in [-0.2, -0.15) is 9.61 Å². The first-order valence-corrected chi connectivity index (χ1v) is 7.56. The zero-order valence-corrected chi connectivity index (χ0v) is 13.8. The fraction of sp³-hybridized carbons (Fsp3) is 0.133. The quantitative estimate of drug-likeness (QED) is 0.659. The van der Waals surface area contributed by atoms with Gasteiger partial charge in [0.25, 0.3) is 5.56 Å². The van der Waals surface area contributed by atoms with Crippen LogP contribution >= 0.6 is 23.2 Å². The summed E-state index contributed by atoms with van der Waals surface area (Å²) < 4.78 is 1.01. The smallest absolute Gasteiger partial charge is 0.341 e. The molecule has 0 atom stereocenters. The van der Waals surface area contributed by atoms with Gasteiger partial charge in [-0.1, -0.05) is 29.3 Å². The third-order valence-electron chi connectivity index (χ3n) is 3.62. The molecular formula is C15H11Cl2N3O4. The molecule has 0 bridgehead atoms. The molecule has 0 unspecified atom stereocenters. The topological polar surface area (TPSA) is 108 Å². The summed E-state index contributed by atoms with van der Waals surface area (Å²) in [7, 11) is 0. The molecule has 2 aromatic heterocycles. The van der Waals surface area contributed by atoms with E-state index in [9.17, 15) is 19.8 Å². The number of hydrogen-bond donors (Lipinski definition) is 3. The number of carboxylic acid groups (broad SMARTS) is 1. The highest BCUT2D eigenvalue weighted by atomic mass is 35.5. The van der Waals surface area contributed by atoms with E-state index in [0.29, 0.717) is 15.6 Å². The van der Waals surface area contributed by atoms with Crippen molar-refractivity contribution in [2.45, 2.75) is 13.3 Å². The standard InChI is InChI=1S/C15H11Cl2N3O4/c1-6-11(15(23)24)12-18-13(21)8(14(22)20(12)19-6)4-7-2-3-9(16)10(17)5-7/h2-3,5,22H,4H2,1H3,(H,18,21)(H,23,24). The summed E-state index contributed by atoms with van der Waals surface area (Å²) in [5.41, 5.74) is 0.0460. The average molecular weight is 368 g/mol. The number of rotatable bonds is 3. The molecule has 0 aliphatic heterocycles. The third-order valence-corrected chi connectivity index (χ3v) is 4.35. The molecule has 0 saturated heterocycles. The van der Waals surface area contributed by atoms with Crippen molar-refractivity contribution in [2.24, 2.45) is 0 Å². The molecule has 2 heterocycles. The van der Waals surface area contributed by atoms with E-state index in [4.69, 9.17) is 23.2 Å². The van der Waals surface area contributed by atoms with Gasteiger partial charge in [-0.3, -0.25) is 4.79 Å². The second-order valence-corrected chi connectivity index (χ2v) is 6.02. The summed E-state index contributed by atoms with van der Waals surface area (Å²) in [6.07, 6.45) is 0.0787. The highest BCUT2D eigenvalue weighted by Gasteiger charge is 2.22. The Hall–Kier alpha value is -2.51. The highest BCUT2D eigenvalue weighted by molar-refractivity contribution is 6.42. The number of hydrogen-bond acceptors (Lipinski definition) is 4. The van der Waals surface area contributed by atoms with Crippen LogP contribution in [0.5, 0.6) is 5.88 Å². The lowest BCUT2D eigenvalue weighted by molar-refractivity contribution is 0.0698. The molecule has 0 aliphatic rings. The summed E-state index contributed by atoms with van der Waals surface area (Å²) in [5, 5.41) is 24.3. The molecule has 7 nitrogen and oxygen atoms in total. The zero-order valence-electron chi connectivity index (χ0n) is 12.3. The molecule has 3 rings (SSSR count). The Morgan fingerprint density at radius 3 is 2.67 bits per heavy atom. The number of aryl methyl sites for hydroxylation is 1. The lowest BCUT2D eigenvalue weighted by atomic mass is 10.1. The van der Waals surface area contributed by atoms with Crippen LogP contribution in [0.2, 0.25) is 10.0 Å². The van der Waals surface area contributed by atoms with Crippen molar-refractivity contribution in [1.82, 2.24) is 14.6 Å². The van der Waals surface area contributed by atoms with Crippen LogP contribution in [0.3, 0.4) is 0 Å². The van der Waals surface area contributed by atoms with E-state index in [1.807, 2.05) is 0 Å². The van der Waals surface area contributed by atoms with Gasteiger partial charge >= 0.3 is 5.97 Å². The van der Waals surface area contributed by atoms with Crippen molar-refractivity contribution in [3.8, 4) is 5.88 Å². The van der Waals surface area contributed by atoms with Gasteiger partial charge in [0, 0.05) is 6.42 Å². The van der Waals surface area contributed by atoms with Crippen molar-refractivity contribution in [1.29, 1.82) is 0 Å². The predicted molar refractivity (Wildman–Crippen MR) is 88.4 cm³/mol. The predicted octanol–water partition coefficient (Wildman–Crippen LogP) is 2.63. The summed E-state index contributed by atoms with van der Waals surface area (Å²) in [5.74, 6) is -1.66. The van der Waals surface area contributed by atoms with E-state index in [0.717, 1.165) is 4.52 Å². The van der Waals surface area contributed by atoms with Crippen LogP contribution in [0.4, 0.5) is 0 Å². The number of H-pyrrole nitrogens is 1. The molecule has 3 aromatic rings. The van der Waals surface area contributed by atoms with Gasteiger partial charge in [-0.15, -0.1) is 0 Å². The molecule has 0 saturated carbocycles. The van der Waals surface area contributed by atoms with Crippen LogP contribution in [-0.4, -0.2) is 30.8 Å². The molecule has 0 aliphatic carbocycles. The number of aromatic carboxylic acids is 1. The van der Waals surface area contributed by atoms with Crippen molar-refractivity contribution < 1.29 is 15.0 Å². The van der Waals surface area contributed by atoms with E-state index in [1.54, 1.807) is 18.2 Å². The zero-order chi connectivity index (χ0) is 17.6. The van der Waals surface area contributed by atoms with Crippen LogP contribution in [-0.2, 0) is 6.42 Å². The van der Waals surface area contributed by atoms with E-state index in [1.165, 1.54) is 6.92 Å². The Labute approximate surface area is 145 Å². The van der Waals surface area contributed by atoms with E-state index >= 15 is 0 Å². The number of fused-ring (bicyclic) bond motifs is 1. The van der Waals surface area contributed by atoms with Gasteiger partial charge in [0.2, 0.25) is 5.88 Å². The Balaban J connectivity index is 2.17. The number of nitrogens with zero attached hydrogens (tertiary/aromatic N) is 2. The largest absolute Gasteiger partial charge is 0.493 e. The fourth-order valence-corrected chi connectivity index (χ4v) is 2.80. The summed E-state index contributed by atoms with van der Waals surface area (Å²) in [6, 6.07) is 4.85. The molecule has 0 spiro atoms. The summed E-state index contributed by atoms with van der Waals surface area (Å²) in [6.45, 7) is 1.48. The van der Waals surface area contributed by atoms with Crippen LogP contribution < -0.4 is 5.56 Å². The van der Waals surface area contributed by atoms with Crippen molar-refractivity contribution in [3.63, 3.8) is 0 Å². The molecule has 24 heavy (non-hydrogen) atoms. The minimum atomic E-state index is -1.24. The first kappa shape index (κ1) is 16.4. The molecule has 9 heteroatoms. The lowest BCUT2D eigenvalue weighted by Gasteiger charge is -2.07. The molecule has 3 N–H and O–H groups in total. The van der Waals surface area contributed by atoms with Crippen LogP contribution in [0.15, 0.2) is 23.0 Å². The minimum absolute atomic E-state index is 0.0420.